The summed E-state index contributed by atoms with van der Waals surface area (Å²) in [5, 5.41) is 3.44. The molecule has 1 saturated heterocycles. The number of hydrogen-bond donors (Lipinski definition) is 1. The van der Waals surface area contributed by atoms with Crippen molar-refractivity contribution in [2.75, 3.05) is 38.4 Å². The molecule has 2 amide bonds. The standard InChI is InChI=1S/C21H25N5O4S/c1-29-8-5-19(27)26(13-16-4-9-30-14-16)21-24-11-17(31-21)20(28)23-10-15-2-3-18-22-6-7-25(18)12-15/h2-3,6-7,11-12,16H,4-5,8-10,13-14H2,1H3,(H,23,28). The molecule has 1 aliphatic heterocycles. The maximum absolute atomic E-state index is 12.7. The molecule has 1 unspecified atom stereocenters. The minimum atomic E-state index is -0.219. The second-order valence-electron chi connectivity index (χ2n) is 7.40. The van der Waals surface area contributed by atoms with E-state index in [1.165, 1.54) is 17.5 Å². The average Bonchev–Trinajstić information content (AvgIpc) is 3.55. The lowest BCUT2D eigenvalue weighted by molar-refractivity contribution is -0.119. The van der Waals surface area contributed by atoms with E-state index in [1.807, 2.05) is 28.9 Å². The molecule has 1 fully saturated rings. The third-order valence-corrected chi connectivity index (χ3v) is 6.16. The van der Waals surface area contributed by atoms with Crippen LogP contribution >= 0.6 is 11.3 Å². The number of carbonyl (C=O) groups excluding carboxylic acids is 2. The number of nitrogens with one attached hydrogen (secondary N) is 1. The highest BCUT2D eigenvalue weighted by Crippen LogP contribution is 2.26. The predicted octanol–water partition coefficient (Wildman–Crippen LogP) is 2.13. The SMILES string of the molecule is COCCC(=O)N(CC1CCOC1)c1ncc(C(=O)NCc2ccc3nccn3c2)s1. The van der Waals surface area contributed by atoms with E-state index in [0.29, 0.717) is 42.9 Å². The van der Waals surface area contributed by atoms with Crippen molar-refractivity contribution in [3.63, 3.8) is 0 Å². The van der Waals surface area contributed by atoms with Crippen LogP contribution in [-0.4, -0.2) is 59.7 Å². The van der Waals surface area contributed by atoms with E-state index in [9.17, 15) is 9.59 Å². The van der Waals surface area contributed by atoms with Crippen molar-refractivity contribution < 1.29 is 19.1 Å². The molecule has 0 spiro atoms. The smallest absolute Gasteiger partial charge is 0.263 e. The van der Waals surface area contributed by atoms with E-state index >= 15 is 0 Å². The number of aromatic nitrogens is 3. The third-order valence-electron chi connectivity index (χ3n) is 5.14. The van der Waals surface area contributed by atoms with E-state index < -0.39 is 0 Å². The van der Waals surface area contributed by atoms with E-state index in [0.717, 1.165) is 17.6 Å². The van der Waals surface area contributed by atoms with Crippen LogP contribution in [-0.2, 0) is 20.8 Å². The predicted molar refractivity (Wildman–Crippen MR) is 116 cm³/mol. The zero-order chi connectivity index (χ0) is 21.6. The summed E-state index contributed by atoms with van der Waals surface area (Å²) in [6.45, 7) is 2.60. The average molecular weight is 444 g/mol. The van der Waals surface area contributed by atoms with Crippen molar-refractivity contribution in [3.8, 4) is 0 Å². The fourth-order valence-corrected chi connectivity index (χ4v) is 4.29. The number of ether oxygens (including phenoxy) is 2. The van der Waals surface area contributed by atoms with Crippen LogP contribution in [0.5, 0.6) is 0 Å². The molecule has 10 heteroatoms. The molecule has 0 aliphatic carbocycles. The maximum atomic E-state index is 12.7. The minimum absolute atomic E-state index is 0.0660. The minimum Gasteiger partial charge on any atom is -0.384 e. The Bertz CT molecular complexity index is 1040. The van der Waals surface area contributed by atoms with Gasteiger partial charge >= 0.3 is 0 Å². The lowest BCUT2D eigenvalue weighted by Gasteiger charge is -2.22. The highest BCUT2D eigenvalue weighted by Gasteiger charge is 2.26. The van der Waals surface area contributed by atoms with Gasteiger partial charge in [-0.3, -0.25) is 14.5 Å². The number of pyridine rings is 1. The number of methoxy groups -OCH3 is 1. The Balaban J connectivity index is 1.41. The van der Waals surface area contributed by atoms with Gasteiger partial charge in [-0.1, -0.05) is 17.4 Å². The van der Waals surface area contributed by atoms with E-state index in [-0.39, 0.29) is 24.2 Å². The molecule has 0 aromatic carbocycles. The number of hydrogen-bond acceptors (Lipinski definition) is 7. The topological polar surface area (TPSA) is 98.1 Å². The molecular weight excluding hydrogens is 418 g/mol. The highest BCUT2D eigenvalue weighted by molar-refractivity contribution is 7.17. The first-order valence-electron chi connectivity index (χ1n) is 10.2. The molecule has 31 heavy (non-hydrogen) atoms. The van der Waals surface area contributed by atoms with Crippen molar-refractivity contribution in [1.82, 2.24) is 19.7 Å². The Hall–Kier alpha value is -2.82. The van der Waals surface area contributed by atoms with E-state index in [4.69, 9.17) is 9.47 Å². The lowest BCUT2D eigenvalue weighted by atomic mass is 10.1. The molecular formula is C21H25N5O4S. The third kappa shape index (κ3) is 5.27. The highest BCUT2D eigenvalue weighted by atomic mass is 32.1. The first-order valence-corrected chi connectivity index (χ1v) is 11.0. The van der Waals surface area contributed by atoms with Gasteiger partial charge in [0.15, 0.2) is 5.13 Å². The first kappa shape index (κ1) is 21.4. The summed E-state index contributed by atoms with van der Waals surface area (Å²) in [5.41, 5.74) is 1.81. The van der Waals surface area contributed by atoms with Gasteiger partial charge in [-0.05, 0) is 18.1 Å². The van der Waals surface area contributed by atoms with E-state index in [2.05, 4.69) is 15.3 Å². The van der Waals surface area contributed by atoms with Gasteiger partial charge in [0, 0.05) is 51.3 Å². The molecule has 164 valence electrons. The van der Waals surface area contributed by atoms with Gasteiger partial charge in [0.05, 0.1) is 25.8 Å². The molecule has 1 aliphatic rings. The number of rotatable bonds is 9. The Morgan fingerprint density at radius 2 is 2.29 bits per heavy atom. The van der Waals surface area contributed by atoms with Crippen LogP contribution in [0.25, 0.3) is 5.65 Å². The quantitative estimate of drug-likeness (QED) is 0.544. The molecule has 3 aromatic heterocycles. The van der Waals surface area contributed by atoms with Crippen LogP contribution in [0, 0.1) is 5.92 Å². The number of fused-ring (bicyclic) bond motifs is 1. The summed E-state index contributed by atoms with van der Waals surface area (Å²) < 4.78 is 12.4. The second-order valence-corrected chi connectivity index (χ2v) is 8.41. The fraction of sp³-hybridized carbons (Fsp3) is 0.429. The van der Waals surface area contributed by atoms with Crippen LogP contribution in [0.2, 0.25) is 0 Å². The van der Waals surface area contributed by atoms with Crippen molar-refractivity contribution in [1.29, 1.82) is 0 Å². The Morgan fingerprint density at radius 3 is 3.10 bits per heavy atom. The van der Waals surface area contributed by atoms with Gasteiger partial charge in [-0.25, -0.2) is 9.97 Å². The van der Waals surface area contributed by atoms with Crippen LogP contribution in [0.15, 0.2) is 36.9 Å². The first-order chi connectivity index (χ1) is 15.1. The molecule has 1 N–H and O–H groups in total. The summed E-state index contributed by atoms with van der Waals surface area (Å²) in [5.74, 6) is -0.0163. The van der Waals surface area contributed by atoms with Gasteiger partial charge in [-0.2, -0.15) is 0 Å². The van der Waals surface area contributed by atoms with Crippen LogP contribution in [0.3, 0.4) is 0 Å². The zero-order valence-electron chi connectivity index (χ0n) is 17.3. The Kier molecular flexibility index (Phi) is 6.90. The van der Waals surface area contributed by atoms with Gasteiger partial charge < -0.3 is 19.2 Å². The monoisotopic (exact) mass is 443 g/mol. The molecule has 3 aromatic rings. The summed E-state index contributed by atoms with van der Waals surface area (Å²) in [6.07, 6.45) is 8.22. The molecule has 0 radical (unpaired) electrons. The second kappa shape index (κ2) is 9.99. The summed E-state index contributed by atoms with van der Waals surface area (Å²) in [4.78, 5) is 36.1. The van der Waals surface area contributed by atoms with Crippen molar-refractivity contribution in [2.45, 2.75) is 19.4 Å². The lowest BCUT2D eigenvalue weighted by Crippen LogP contribution is -2.36. The van der Waals surface area contributed by atoms with Gasteiger partial charge in [-0.15, -0.1) is 0 Å². The van der Waals surface area contributed by atoms with Gasteiger partial charge in [0.2, 0.25) is 5.91 Å². The van der Waals surface area contributed by atoms with Crippen molar-refractivity contribution >= 4 is 33.9 Å². The normalized spacial score (nSPS) is 16.0. The summed E-state index contributed by atoms with van der Waals surface area (Å²) >= 11 is 1.22. The molecule has 0 bridgehead atoms. The number of thiazole rings is 1. The van der Waals surface area contributed by atoms with Crippen LogP contribution in [0.4, 0.5) is 5.13 Å². The number of imidazole rings is 1. The van der Waals surface area contributed by atoms with Gasteiger partial charge in [0.1, 0.15) is 10.5 Å². The molecule has 1 atom stereocenters. The summed E-state index contributed by atoms with van der Waals surface area (Å²) in [6, 6.07) is 3.84. The number of nitrogens with zero attached hydrogens (tertiary/aromatic N) is 4. The Labute approximate surface area is 184 Å². The molecule has 4 rings (SSSR count). The molecule has 0 saturated carbocycles. The molecule has 4 heterocycles. The van der Waals surface area contributed by atoms with Crippen molar-refractivity contribution in [3.05, 3.63) is 47.4 Å². The maximum Gasteiger partial charge on any atom is 0.263 e. The number of carbonyl (C=O) groups is 2. The van der Waals surface area contributed by atoms with Crippen molar-refractivity contribution in [2.24, 2.45) is 5.92 Å². The van der Waals surface area contributed by atoms with Gasteiger partial charge in [0.25, 0.3) is 5.91 Å². The summed E-state index contributed by atoms with van der Waals surface area (Å²) in [7, 11) is 1.57. The fourth-order valence-electron chi connectivity index (χ4n) is 3.43. The van der Waals surface area contributed by atoms with Crippen LogP contribution in [0.1, 0.15) is 28.1 Å². The largest absolute Gasteiger partial charge is 0.384 e. The Morgan fingerprint density at radius 1 is 1.39 bits per heavy atom. The van der Waals surface area contributed by atoms with E-state index in [1.54, 1.807) is 18.2 Å². The molecule has 9 nitrogen and oxygen atoms in total. The number of anilines is 1. The zero-order valence-corrected chi connectivity index (χ0v) is 18.1. The number of amides is 2. The van der Waals surface area contributed by atoms with Crippen LogP contribution < -0.4 is 10.2 Å².